The topological polar surface area (TPSA) is 0 Å². The van der Waals surface area contributed by atoms with Gasteiger partial charge in [0, 0.05) is 0 Å². The third kappa shape index (κ3) is 5.57. The van der Waals surface area contributed by atoms with Crippen LogP contribution in [-0.4, -0.2) is 10.2 Å². The van der Waals surface area contributed by atoms with Gasteiger partial charge in [0.25, 0.3) is 4.25 Å². The fraction of sp³-hybridized carbons (Fsp3) is 0. The molecular weight excluding hydrogens is 261 g/mol. The molecule has 0 fully saturated rings. The molecule has 0 aliphatic rings. The molecule has 1 radical (unpaired) electrons. The fourth-order valence-corrected chi connectivity index (χ4v) is 0. The van der Waals surface area contributed by atoms with E-state index in [0.29, 0.717) is 4.25 Å². The third-order valence-corrected chi connectivity index (χ3v) is 2.57. The van der Waals surface area contributed by atoms with Crippen LogP contribution in [0.5, 0.6) is 0 Å². The van der Waals surface area contributed by atoms with E-state index in [2.05, 4.69) is 47.3 Å². The Morgan fingerprint density at radius 3 is 1.60 bits per heavy atom. The Morgan fingerprint density at radius 2 is 1.60 bits per heavy atom. The molecule has 0 aromatic rings. The highest BCUT2D eigenvalue weighted by atomic mass is 79.9. The zero-order chi connectivity index (χ0) is 4.28. The van der Waals surface area contributed by atoms with Crippen molar-refractivity contribution in [3.8, 4) is 0 Å². The van der Waals surface area contributed by atoms with Gasteiger partial charge in [0.05, 0.1) is 0 Å². The summed E-state index contributed by atoms with van der Waals surface area (Å²) in [7, 11) is 0. The van der Waals surface area contributed by atoms with Gasteiger partial charge in [-0.25, -0.2) is 0 Å². The first-order valence-corrected chi connectivity index (χ1v) is 3.74. The van der Waals surface area contributed by atoms with Gasteiger partial charge >= 0.3 is 0 Å². The second-order valence-electron chi connectivity index (χ2n) is 0.460. The average Bonchev–Trinajstić information content (AvgIpc) is 1.38. The molecule has 0 unspecified atom stereocenters. The molecule has 5 heteroatoms. The summed E-state index contributed by atoms with van der Waals surface area (Å²) >= 11 is 9.47. The van der Waals surface area contributed by atoms with Gasteiger partial charge in [0.15, 0.2) is 0 Å². The Morgan fingerprint density at radius 1 is 1.40 bits per heavy atom. The summed E-state index contributed by atoms with van der Waals surface area (Å²) in [5.41, 5.74) is 0. The van der Waals surface area contributed by atoms with Crippen molar-refractivity contribution in [2.24, 2.45) is 0 Å². The van der Waals surface area contributed by atoms with Gasteiger partial charge in [-0.2, -0.15) is 15.8 Å². The van der Waals surface area contributed by atoms with Crippen molar-refractivity contribution >= 4 is 57.5 Å². The van der Waals surface area contributed by atoms with E-state index in [0.717, 1.165) is 0 Å². The zero-order valence-electron chi connectivity index (χ0n) is 2.29. The highest BCUT2D eigenvalue weighted by Gasteiger charge is 1.98. The molecule has 0 saturated carbocycles. The van der Waals surface area contributed by atoms with Crippen LogP contribution in [-0.2, 0) is 0 Å². The molecule has 0 saturated heterocycles. The van der Waals surface area contributed by atoms with Gasteiger partial charge in [-0.1, -0.05) is 0 Å². The van der Waals surface area contributed by atoms with Gasteiger partial charge in [0.2, 0.25) is 5.99 Å². The predicted molar refractivity (Wildman–Crippen MR) is 38.3 cm³/mol. The molecule has 0 atom stereocenters. The third-order valence-electron chi connectivity index (χ3n) is 0.0952. The van der Waals surface area contributed by atoms with Gasteiger partial charge in [-0.05, 0) is 0 Å². The van der Waals surface area contributed by atoms with Gasteiger partial charge in [-0.3, -0.25) is 0 Å². The Kier molecular flexibility index (Phi) is 4.93. The van der Waals surface area contributed by atoms with Crippen LogP contribution in [0.15, 0.2) is 0 Å². The summed E-state index contributed by atoms with van der Waals surface area (Å²) in [6.07, 6.45) is 0. The SMILES string of the molecule is Br[B]B(Br)Br. The summed E-state index contributed by atoms with van der Waals surface area (Å²) in [5, 5.41) is 0. The number of halogens is 3. The molecule has 5 heavy (non-hydrogen) atoms. The van der Waals surface area contributed by atoms with Crippen LogP contribution in [0.3, 0.4) is 0 Å². The Balaban J connectivity index is 2.54. The van der Waals surface area contributed by atoms with Crippen molar-refractivity contribution in [2.45, 2.75) is 0 Å². The highest BCUT2D eigenvalue weighted by molar-refractivity contribution is 9.53. The average molecular weight is 261 g/mol. The molecular formula is B2Br3. The van der Waals surface area contributed by atoms with E-state index in [-0.39, 0.29) is 0 Å². The van der Waals surface area contributed by atoms with Crippen molar-refractivity contribution in [3.63, 3.8) is 0 Å². The molecule has 0 aromatic carbocycles. The standard InChI is InChI=1S/B2Br3/c3-1-2(4)5. The second kappa shape index (κ2) is 3.75. The first-order chi connectivity index (χ1) is 2.27. The molecule has 0 bridgehead atoms. The lowest BCUT2D eigenvalue weighted by Crippen LogP contribution is -1.94. The van der Waals surface area contributed by atoms with E-state index in [4.69, 9.17) is 0 Å². The number of hydrogen-bond donors (Lipinski definition) is 0. The molecule has 0 aromatic heterocycles. The Labute approximate surface area is 57.3 Å². The smallest absolute Gasteiger partial charge is 0.173 e. The minimum absolute atomic E-state index is 0.301. The number of hydrogen-bond acceptors (Lipinski definition) is 0. The lowest BCUT2D eigenvalue weighted by molar-refractivity contribution is 4.42. The quantitative estimate of drug-likeness (QED) is 0.631. The Hall–Kier alpha value is 1.57. The highest BCUT2D eigenvalue weighted by Crippen LogP contribution is 2.01. The second-order valence-corrected chi connectivity index (χ2v) is 4.19. The summed E-state index contributed by atoms with van der Waals surface area (Å²) in [6, 6.07) is 0. The van der Waals surface area contributed by atoms with Crippen molar-refractivity contribution in [3.05, 3.63) is 0 Å². The van der Waals surface area contributed by atoms with E-state index < -0.39 is 0 Å². The van der Waals surface area contributed by atoms with Crippen molar-refractivity contribution in [1.29, 1.82) is 0 Å². The van der Waals surface area contributed by atoms with Crippen LogP contribution < -0.4 is 0 Å². The van der Waals surface area contributed by atoms with E-state index in [1.165, 1.54) is 0 Å². The zero-order valence-corrected chi connectivity index (χ0v) is 7.05. The minimum Gasteiger partial charge on any atom is -0.173 e. The lowest BCUT2D eigenvalue weighted by atomic mass is 9.79. The van der Waals surface area contributed by atoms with Crippen molar-refractivity contribution in [2.75, 3.05) is 0 Å². The minimum atomic E-state index is 0.301. The van der Waals surface area contributed by atoms with E-state index in [1.54, 1.807) is 0 Å². The van der Waals surface area contributed by atoms with Crippen LogP contribution in [0.4, 0.5) is 0 Å². The van der Waals surface area contributed by atoms with Gasteiger partial charge in [0.1, 0.15) is 0 Å². The van der Waals surface area contributed by atoms with Crippen molar-refractivity contribution < 1.29 is 0 Å². The van der Waals surface area contributed by atoms with Crippen LogP contribution >= 0.6 is 47.3 Å². The Bertz CT molecular complexity index is 18.9. The van der Waals surface area contributed by atoms with Gasteiger partial charge in [-0.15, -0.1) is 31.5 Å². The lowest BCUT2D eigenvalue weighted by Gasteiger charge is -1.74. The van der Waals surface area contributed by atoms with E-state index >= 15 is 0 Å². The number of rotatable bonds is 1. The molecule has 0 rings (SSSR count). The van der Waals surface area contributed by atoms with Crippen LogP contribution in [0.1, 0.15) is 0 Å². The fourth-order valence-electron chi connectivity index (χ4n) is 0. The molecule has 0 aliphatic heterocycles. The summed E-state index contributed by atoms with van der Waals surface area (Å²) in [4.78, 5) is 0. The molecule has 0 amide bonds. The maximum absolute atomic E-state index is 3.19. The first kappa shape index (κ1) is 6.57. The van der Waals surface area contributed by atoms with Crippen LogP contribution in [0.2, 0.25) is 0 Å². The summed E-state index contributed by atoms with van der Waals surface area (Å²) < 4.78 is 0.301. The molecule has 0 aliphatic carbocycles. The molecule has 0 heterocycles. The van der Waals surface area contributed by atoms with Crippen LogP contribution in [0, 0.1) is 0 Å². The van der Waals surface area contributed by atoms with Crippen LogP contribution in [0.25, 0.3) is 0 Å². The largest absolute Gasteiger partial charge is 0.272 e. The molecule has 27 valence electrons. The monoisotopic (exact) mass is 259 g/mol. The van der Waals surface area contributed by atoms with Gasteiger partial charge < -0.3 is 0 Å². The van der Waals surface area contributed by atoms with E-state index in [1.807, 2.05) is 5.99 Å². The predicted octanol–water partition coefficient (Wildman–Crippen LogP) is 1.78. The maximum Gasteiger partial charge on any atom is 0.272 e. The first-order valence-electron chi connectivity index (χ1n) is 0.988. The summed E-state index contributed by atoms with van der Waals surface area (Å²) in [5.74, 6) is 1.81. The van der Waals surface area contributed by atoms with Crippen molar-refractivity contribution in [1.82, 2.24) is 0 Å². The molecule has 0 spiro atoms. The maximum atomic E-state index is 3.19. The molecule has 0 N–H and O–H groups in total. The summed E-state index contributed by atoms with van der Waals surface area (Å²) in [6.45, 7) is 0. The van der Waals surface area contributed by atoms with E-state index in [9.17, 15) is 0 Å². The molecule has 0 nitrogen and oxygen atoms in total. The normalized spacial score (nSPS) is 7.00.